The molecule has 2 aromatic rings. The van der Waals surface area contributed by atoms with Gasteiger partial charge < -0.3 is 0 Å². The first-order valence-electron chi connectivity index (χ1n) is 10.0. The summed E-state index contributed by atoms with van der Waals surface area (Å²) in [4.78, 5) is 0. The first-order valence-corrected chi connectivity index (χ1v) is 10.0. The summed E-state index contributed by atoms with van der Waals surface area (Å²) in [5, 5.41) is 0. The first kappa shape index (κ1) is 18.8. The number of unbranched alkanes of at least 4 members (excludes halogenated alkanes) is 7. The summed E-state index contributed by atoms with van der Waals surface area (Å²) >= 11 is 0. The van der Waals surface area contributed by atoms with E-state index in [1.54, 1.807) is 0 Å². The van der Waals surface area contributed by atoms with Crippen LogP contribution in [0.15, 0.2) is 42.7 Å². The van der Waals surface area contributed by atoms with Crippen LogP contribution in [0.2, 0.25) is 0 Å². The van der Waals surface area contributed by atoms with Gasteiger partial charge in [0, 0.05) is 0 Å². The number of aromatic nitrogens is 2. The number of hydrogen-bond acceptors (Lipinski definition) is 0. The van der Waals surface area contributed by atoms with E-state index in [-0.39, 0.29) is 0 Å². The highest BCUT2D eigenvalue weighted by molar-refractivity contribution is 5.52. The van der Waals surface area contributed by atoms with Crippen molar-refractivity contribution in [1.82, 2.24) is 4.57 Å². The molecule has 0 amide bonds. The molecule has 0 aliphatic rings. The topological polar surface area (TPSA) is 8.81 Å². The lowest BCUT2D eigenvalue weighted by Crippen LogP contribution is -2.34. The van der Waals surface area contributed by atoms with Crippen LogP contribution in [0.25, 0.3) is 11.4 Å². The molecule has 1 aromatic carbocycles. The molecular weight excluding hydrogens is 292 g/mol. The second kappa shape index (κ2) is 11.1. The maximum Gasteiger partial charge on any atom is 0.288 e. The second-order valence-electron chi connectivity index (χ2n) is 6.85. The molecule has 0 aliphatic carbocycles. The van der Waals surface area contributed by atoms with Gasteiger partial charge in [-0.2, -0.15) is 0 Å². The molecule has 1 aromatic heterocycles. The van der Waals surface area contributed by atoms with E-state index in [0.717, 1.165) is 13.1 Å². The lowest BCUT2D eigenvalue weighted by Gasteiger charge is -2.05. The van der Waals surface area contributed by atoms with E-state index in [2.05, 4.69) is 65.7 Å². The van der Waals surface area contributed by atoms with Crippen LogP contribution in [-0.4, -0.2) is 4.57 Å². The minimum absolute atomic E-state index is 1.09. The van der Waals surface area contributed by atoms with Crippen LogP contribution in [-0.2, 0) is 13.1 Å². The molecule has 24 heavy (non-hydrogen) atoms. The van der Waals surface area contributed by atoms with Gasteiger partial charge in [-0.3, -0.25) is 0 Å². The average Bonchev–Trinajstić information content (AvgIpc) is 3.01. The number of aryl methyl sites for hydroxylation is 2. The van der Waals surface area contributed by atoms with Gasteiger partial charge >= 0.3 is 0 Å². The second-order valence-corrected chi connectivity index (χ2v) is 6.85. The largest absolute Gasteiger partial charge is 0.288 e. The molecule has 2 heteroatoms. The summed E-state index contributed by atoms with van der Waals surface area (Å²) in [5.41, 5.74) is 1.33. The standard InChI is InChI=1S/C22H35N2/c1-3-5-6-7-8-9-10-14-18-24-20-19-23(17-4-2)22(24)21-15-12-11-13-16-21/h11-13,15-16,19-20H,3-10,14,17-18H2,1-2H3/q+1. The highest BCUT2D eigenvalue weighted by atomic mass is 15.1. The maximum absolute atomic E-state index is 2.45. The summed E-state index contributed by atoms with van der Waals surface area (Å²) in [6.45, 7) is 6.76. The van der Waals surface area contributed by atoms with Crippen LogP contribution >= 0.6 is 0 Å². The van der Waals surface area contributed by atoms with Crippen molar-refractivity contribution in [1.29, 1.82) is 0 Å². The molecule has 1 heterocycles. The van der Waals surface area contributed by atoms with Crippen molar-refractivity contribution in [3.63, 3.8) is 0 Å². The fourth-order valence-electron chi connectivity index (χ4n) is 3.40. The zero-order chi connectivity index (χ0) is 17.0. The highest BCUT2D eigenvalue weighted by Gasteiger charge is 2.18. The molecule has 0 bridgehead atoms. The van der Waals surface area contributed by atoms with E-state index in [1.165, 1.54) is 69.2 Å². The SMILES string of the molecule is CCCCCCCCCCn1cc[n+](CCC)c1-c1ccccc1. The Morgan fingerprint density at radius 2 is 1.46 bits per heavy atom. The van der Waals surface area contributed by atoms with E-state index >= 15 is 0 Å². The first-order chi connectivity index (χ1) is 11.9. The fraction of sp³-hybridized carbons (Fsp3) is 0.591. The van der Waals surface area contributed by atoms with Crippen LogP contribution in [0, 0.1) is 0 Å². The van der Waals surface area contributed by atoms with Gasteiger partial charge in [-0.1, -0.05) is 70.6 Å². The molecule has 0 atom stereocenters. The Bertz CT molecular complexity index is 557. The van der Waals surface area contributed by atoms with Crippen molar-refractivity contribution in [2.45, 2.75) is 84.7 Å². The fourth-order valence-corrected chi connectivity index (χ4v) is 3.40. The highest BCUT2D eigenvalue weighted by Crippen LogP contribution is 2.17. The van der Waals surface area contributed by atoms with Crippen molar-refractivity contribution in [3.05, 3.63) is 42.7 Å². The van der Waals surface area contributed by atoms with Crippen molar-refractivity contribution < 1.29 is 4.57 Å². The Kier molecular flexibility index (Phi) is 8.65. The van der Waals surface area contributed by atoms with Gasteiger partial charge in [0.25, 0.3) is 5.82 Å². The Labute approximate surface area is 148 Å². The summed E-state index contributed by atoms with van der Waals surface area (Å²) in [6, 6.07) is 10.8. The molecule has 0 aliphatic heterocycles. The van der Waals surface area contributed by atoms with Crippen molar-refractivity contribution >= 4 is 0 Å². The molecule has 2 rings (SSSR count). The van der Waals surface area contributed by atoms with Crippen LogP contribution in [0.3, 0.4) is 0 Å². The number of benzene rings is 1. The predicted molar refractivity (Wildman–Crippen MR) is 103 cm³/mol. The van der Waals surface area contributed by atoms with Crippen molar-refractivity contribution in [2.75, 3.05) is 0 Å². The quantitative estimate of drug-likeness (QED) is 0.334. The van der Waals surface area contributed by atoms with Crippen LogP contribution < -0.4 is 4.57 Å². The summed E-state index contributed by atoms with van der Waals surface area (Å²) < 4.78 is 4.85. The van der Waals surface area contributed by atoms with Crippen molar-refractivity contribution in [3.8, 4) is 11.4 Å². The molecular formula is C22H35N2+. The Balaban J connectivity index is 1.86. The molecule has 132 valence electrons. The van der Waals surface area contributed by atoms with Gasteiger partial charge in [0.1, 0.15) is 12.4 Å². The molecule has 0 spiro atoms. The number of imidazole rings is 1. The molecule has 0 N–H and O–H groups in total. The van der Waals surface area contributed by atoms with Crippen molar-refractivity contribution in [2.24, 2.45) is 0 Å². The van der Waals surface area contributed by atoms with E-state index < -0.39 is 0 Å². The molecule has 0 radical (unpaired) electrons. The van der Waals surface area contributed by atoms with E-state index in [1.807, 2.05) is 0 Å². The monoisotopic (exact) mass is 327 g/mol. The minimum atomic E-state index is 1.09. The Morgan fingerprint density at radius 3 is 2.12 bits per heavy atom. The van der Waals surface area contributed by atoms with Gasteiger partial charge in [-0.05, 0) is 31.4 Å². The Hall–Kier alpha value is -1.57. The molecule has 0 unspecified atom stereocenters. The van der Waals surface area contributed by atoms with Crippen LogP contribution in [0.4, 0.5) is 0 Å². The third-order valence-electron chi connectivity index (χ3n) is 4.72. The molecule has 0 fully saturated rings. The predicted octanol–water partition coefficient (Wildman–Crippen LogP) is 5.99. The van der Waals surface area contributed by atoms with Gasteiger partial charge in [-0.25, -0.2) is 9.13 Å². The molecule has 2 nitrogen and oxygen atoms in total. The minimum Gasteiger partial charge on any atom is -0.230 e. The zero-order valence-corrected chi connectivity index (χ0v) is 15.7. The molecule has 0 saturated heterocycles. The zero-order valence-electron chi connectivity index (χ0n) is 15.7. The van der Waals surface area contributed by atoms with E-state index in [9.17, 15) is 0 Å². The summed E-state index contributed by atoms with van der Waals surface area (Å²) in [6.07, 6.45) is 16.7. The van der Waals surface area contributed by atoms with Gasteiger partial charge in [0.2, 0.25) is 0 Å². The Morgan fingerprint density at radius 1 is 0.792 bits per heavy atom. The number of hydrogen-bond donors (Lipinski definition) is 0. The molecule has 0 saturated carbocycles. The number of rotatable bonds is 12. The lowest BCUT2D eigenvalue weighted by atomic mass is 10.1. The normalized spacial score (nSPS) is 11.1. The van der Waals surface area contributed by atoms with Gasteiger partial charge in [0.15, 0.2) is 0 Å². The van der Waals surface area contributed by atoms with E-state index in [0.29, 0.717) is 0 Å². The maximum atomic E-state index is 2.45. The average molecular weight is 328 g/mol. The third kappa shape index (κ3) is 5.81. The van der Waals surface area contributed by atoms with Gasteiger partial charge in [0.05, 0.1) is 18.7 Å². The summed E-state index contributed by atoms with van der Waals surface area (Å²) in [7, 11) is 0. The number of nitrogens with zero attached hydrogens (tertiary/aromatic N) is 2. The third-order valence-corrected chi connectivity index (χ3v) is 4.72. The van der Waals surface area contributed by atoms with E-state index in [4.69, 9.17) is 0 Å². The summed E-state index contributed by atoms with van der Waals surface area (Å²) in [5.74, 6) is 1.36. The van der Waals surface area contributed by atoms with Crippen LogP contribution in [0.1, 0.15) is 71.6 Å². The smallest absolute Gasteiger partial charge is 0.230 e. The van der Waals surface area contributed by atoms with Crippen LogP contribution in [0.5, 0.6) is 0 Å². The van der Waals surface area contributed by atoms with Gasteiger partial charge in [-0.15, -0.1) is 0 Å². The lowest BCUT2D eigenvalue weighted by molar-refractivity contribution is -0.685.